The molecule has 136 valence electrons. The van der Waals surface area contributed by atoms with Crippen LogP contribution in [-0.4, -0.2) is 20.6 Å². The van der Waals surface area contributed by atoms with E-state index in [1.54, 1.807) is 6.07 Å². The van der Waals surface area contributed by atoms with Gasteiger partial charge in [0.25, 0.3) is 0 Å². The van der Waals surface area contributed by atoms with Crippen molar-refractivity contribution in [1.29, 1.82) is 0 Å². The fourth-order valence-corrected chi connectivity index (χ4v) is 2.73. The van der Waals surface area contributed by atoms with Crippen molar-refractivity contribution in [3.8, 4) is 0 Å². The monoisotopic (exact) mass is 364 g/mol. The summed E-state index contributed by atoms with van der Waals surface area (Å²) in [7, 11) is 0. The van der Waals surface area contributed by atoms with E-state index in [1.165, 1.54) is 4.57 Å². The quantitative estimate of drug-likeness (QED) is 0.583. The smallest absolute Gasteiger partial charge is 0.408 e. The minimum absolute atomic E-state index is 0.0464. The molecule has 2 aromatic carbocycles. The highest BCUT2D eigenvalue weighted by Crippen LogP contribution is 2.15. The number of hydrogen-bond acceptors (Lipinski definition) is 6. The Bertz CT molecular complexity index is 1160. The predicted octanol–water partition coefficient (Wildman–Crippen LogP) is 2.26. The summed E-state index contributed by atoms with van der Waals surface area (Å²) in [6.45, 7) is 2.32. The largest absolute Gasteiger partial charge is 0.420 e. The van der Waals surface area contributed by atoms with Gasteiger partial charge in [-0.25, -0.2) is 4.79 Å². The average molecular weight is 364 g/mol. The Morgan fingerprint density at radius 2 is 2.00 bits per heavy atom. The molecule has 0 saturated heterocycles. The topological polar surface area (TPSA) is 103 Å². The van der Waals surface area contributed by atoms with Gasteiger partial charge in [-0.1, -0.05) is 41.6 Å². The number of benzene rings is 2. The lowest BCUT2D eigenvalue weighted by molar-refractivity contribution is 0.0907. The van der Waals surface area contributed by atoms with Crippen molar-refractivity contribution in [3.05, 3.63) is 81.9 Å². The molecule has 0 spiro atoms. The molecule has 0 unspecified atom stereocenters. The van der Waals surface area contributed by atoms with Crippen LogP contribution in [-0.2, 0) is 13.1 Å². The standard InChI is InChI=1S/C19H16N4O4/c1-12-7-8-15-14(9-12)23(19(25)26-15)11-16-21-18(27-22-16)17(24)20-10-13-5-3-2-4-6-13/h2-9H,10-11H2,1H3,(H,20,24). The van der Waals surface area contributed by atoms with Crippen LogP contribution in [0.5, 0.6) is 0 Å². The molecule has 2 aromatic heterocycles. The van der Waals surface area contributed by atoms with Crippen LogP contribution < -0.4 is 11.1 Å². The molecule has 8 nitrogen and oxygen atoms in total. The number of nitrogens with zero attached hydrogens (tertiary/aromatic N) is 3. The summed E-state index contributed by atoms with van der Waals surface area (Å²) in [5.74, 6) is -0.933. The maximum atomic E-state index is 12.2. The fraction of sp³-hybridized carbons (Fsp3) is 0.158. The van der Waals surface area contributed by atoms with Gasteiger partial charge < -0.3 is 14.3 Å². The van der Waals surface area contributed by atoms with Crippen LogP contribution in [0.3, 0.4) is 0 Å². The summed E-state index contributed by atoms with van der Waals surface area (Å²) in [5.41, 5.74) is 3.07. The van der Waals surface area contributed by atoms with Gasteiger partial charge in [-0.15, -0.1) is 0 Å². The summed E-state index contributed by atoms with van der Waals surface area (Å²) in [4.78, 5) is 28.3. The van der Waals surface area contributed by atoms with Crippen molar-refractivity contribution >= 4 is 17.0 Å². The third kappa shape index (κ3) is 3.50. The maximum absolute atomic E-state index is 12.2. The number of amides is 1. The Morgan fingerprint density at radius 3 is 2.81 bits per heavy atom. The van der Waals surface area contributed by atoms with Crippen molar-refractivity contribution in [2.75, 3.05) is 0 Å². The molecule has 0 radical (unpaired) electrons. The second kappa shape index (κ2) is 6.91. The van der Waals surface area contributed by atoms with E-state index in [0.29, 0.717) is 17.6 Å². The van der Waals surface area contributed by atoms with Gasteiger partial charge in [-0.2, -0.15) is 4.98 Å². The van der Waals surface area contributed by atoms with Gasteiger partial charge >= 0.3 is 17.6 Å². The van der Waals surface area contributed by atoms with Gasteiger partial charge in [0.1, 0.15) is 0 Å². The molecule has 0 fully saturated rings. The molecule has 4 rings (SSSR count). The van der Waals surface area contributed by atoms with E-state index < -0.39 is 11.7 Å². The van der Waals surface area contributed by atoms with Crippen LogP contribution in [0, 0.1) is 6.92 Å². The van der Waals surface area contributed by atoms with Crippen LogP contribution in [0.15, 0.2) is 62.3 Å². The van der Waals surface area contributed by atoms with E-state index in [4.69, 9.17) is 8.94 Å². The molecule has 27 heavy (non-hydrogen) atoms. The molecular formula is C19H16N4O4. The number of carbonyl (C=O) groups is 1. The zero-order valence-corrected chi connectivity index (χ0v) is 14.5. The average Bonchev–Trinajstić information content (AvgIpc) is 3.26. The minimum atomic E-state index is -0.518. The lowest BCUT2D eigenvalue weighted by atomic mass is 10.2. The first-order valence-corrected chi connectivity index (χ1v) is 8.35. The molecule has 0 aliphatic heterocycles. The number of aryl methyl sites for hydroxylation is 1. The maximum Gasteiger partial charge on any atom is 0.420 e. The molecular weight excluding hydrogens is 348 g/mol. The van der Waals surface area contributed by atoms with Gasteiger partial charge in [-0.05, 0) is 30.2 Å². The number of aromatic nitrogens is 3. The zero-order chi connectivity index (χ0) is 18.8. The highest BCUT2D eigenvalue weighted by Gasteiger charge is 2.17. The number of carbonyl (C=O) groups excluding carboxylic acids is 1. The van der Waals surface area contributed by atoms with E-state index in [0.717, 1.165) is 11.1 Å². The second-order valence-corrected chi connectivity index (χ2v) is 6.11. The molecule has 1 amide bonds. The number of rotatable bonds is 5. The number of oxazole rings is 1. The van der Waals surface area contributed by atoms with Gasteiger partial charge in [0.05, 0.1) is 12.1 Å². The molecule has 0 aliphatic rings. The molecule has 0 atom stereocenters. The van der Waals surface area contributed by atoms with E-state index in [2.05, 4.69) is 15.5 Å². The summed E-state index contributed by atoms with van der Waals surface area (Å²) in [6.07, 6.45) is 0. The molecule has 0 bridgehead atoms. The lowest BCUT2D eigenvalue weighted by Gasteiger charge is -2.01. The van der Waals surface area contributed by atoms with Gasteiger partial charge in [0, 0.05) is 6.54 Å². The summed E-state index contributed by atoms with van der Waals surface area (Å²) in [5, 5.41) is 6.50. The van der Waals surface area contributed by atoms with Crippen LogP contribution >= 0.6 is 0 Å². The number of fused-ring (bicyclic) bond motifs is 1. The third-order valence-electron chi connectivity index (χ3n) is 4.08. The normalized spacial score (nSPS) is 11.0. The Labute approximate surface area is 153 Å². The van der Waals surface area contributed by atoms with Crippen molar-refractivity contribution in [3.63, 3.8) is 0 Å². The molecule has 2 heterocycles. The summed E-state index contributed by atoms with van der Waals surface area (Å²) >= 11 is 0. The Balaban J connectivity index is 1.50. The number of hydrogen-bond donors (Lipinski definition) is 1. The molecule has 4 aromatic rings. The van der Waals surface area contributed by atoms with Crippen molar-refractivity contribution < 1.29 is 13.7 Å². The lowest BCUT2D eigenvalue weighted by Crippen LogP contribution is -2.23. The Morgan fingerprint density at radius 1 is 1.19 bits per heavy atom. The first-order valence-electron chi connectivity index (χ1n) is 8.35. The van der Waals surface area contributed by atoms with Crippen molar-refractivity contribution in [2.24, 2.45) is 0 Å². The first-order chi connectivity index (χ1) is 13.1. The highest BCUT2D eigenvalue weighted by atomic mass is 16.5. The fourth-order valence-electron chi connectivity index (χ4n) is 2.73. The third-order valence-corrected chi connectivity index (χ3v) is 4.08. The van der Waals surface area contributed by atoms with Crippen LogP contribution in [0.1, 0.15) is 27.6 Å². The van der Waals surface area contributed by atoms with Gasteiger partial charge in [0.2, 0.25) is 0 Å². The molecule has 0 aliphatic carbocycles. The SMILES string of the molecule is Cc1ccc2oc(=O)n(Cc3noc(C(=O)NCc4ccccc4)n3)c2c1. The predicted molar refractivity (Wildman–Crippen MR) is 96.2 cm³/mol. The van der Waals surface area contributed by atoms with E-state index in [1.807, 2.05) is 49.4 Å². The summed E-state index contributed by atoms with van der Waals surface area (Å²) < 4.78 is 11.6. The van der Waals surface area contributed by atoms with Crippen LogP contribution in [0.25, 0.3) is 11.1 Å². The molecule has 0 saturated carbocycles. The van der Waals surface area contributed by atoms with Gasteiger partial charge in [-0.3, -0.25) is 9.36 Å². The van der Waals surface area contributed by atoms with Crippen LogP contribution in [0.2, 0.25) is 0 Å². The number of nitrogens with one attached hydrogen (secondary N) is 1. The second-order valence-electron chi connectivity index (χ2n) is 6.11. The van der Waals surface area contributed by atoms with E-state index >= 15 is 0 Å². The van der Waals surface area contributed by atoms with Crippen molar-refractivity contribution in [1.82, 2.24) is 20.0 Å². The Kier molecular flexibility index (Phi) is 4.29. The first kappa shape index (κ1) is 16.8. The van der Waals surface area contributed by atoms with Crippen LogP contribution in [0.4, 0.5) is 0 Å². The highest BCUT2D eigenvalue weighted by molar-refractivity contribution is 5.89. The van der Waals surface area contributed by atoms with Crippen molar-refractivity contribution in [2.45, 2.75) is 20.0 Å². The van der Waals surface area contributed by atoms with E-state index in [-0.39, 0.29) is 18.3 Å². The minimum Gasteiger partial charge on any atom is -0.408 e. The molecule has 8 heteroatoms. The van der Waals surface area contributed by atoms with E-state index in [9.17, 15) is 9.59 Å². The zero-order valence-electron chi connectivity index (χ0n) is 14.5. The summed E-state index contributed by atoms with van der Waals surface area (Å²) in [6, 6.07) is 14.9. The Hall–Kier alpha value is -3.68. The van der Waals surface area contributed by atoms with Gasteiger partial charge in [0.15, 0.2) is 11.4 Å². The molecule has 1 N–H and O–H groups in total.